The largest absolute Gasteiger partial charge is 0.481 e. The lowest BCUT2D eigenvalue weighted by atomic mass is 10.3. The highest BCUT2D eigenvalue weighted by molar-refractivity contribution is 6.43. The lowest BCUT2D eigenvalue weighted by Gasteiger charge is -2.10. The lowest BCUT2D eigenvalue weighted by molar-refractivity contribution is 0.399. The molecule has 0 aliphatic heterocycles. The SMILES string of the molecule is COc1ccc2nc(N)n(-c3cc(Cl)c(Cl)cc3Cl)c2n1. The van der Waals surface area contributed by atoms with Gasteiger partial charge in [0.2, 0.25) is 11.8 Å². The molecular weight excluding hydrogens is 335 g/mol. The van der Waals surface area contributed by atoms with E-state index in [1.165, 1.54) is 7.11 Å². The molecule has 0 atom stereocenters. The van der Waals surface area contributed by atoms with Crippen molar-refractivity contribution in [2.75, 3.05) is 12.8 Å². The third-order valence-corrected chi connectivity index (χ3v) is 3.97. The maximum absolute atomic E-state index is 6.23. The van der Waals surface area contributed by atoms with E-state index in [9.17, 15) is 0 Å². The summed E-state index contributed by atoms with van der Waals surface area (Å²) in [7, 11) is 1.53. The highest BCUT2D eigenvalue weighted by atomic mass is 35.5. The third-order valence-electron chi connectivity index (χ3n) is 2.94. The van der Waals surface area contributed by atoms with E-state index in [-0.39, 0.29) is 5.95 Å². The van der Waals surface area contributed by atoms with Crippen LogP contribution in [0.25, 0.3) is 16.9 Å². The third kappa shape index (κ3) is 2.37. The average molecular weight is 344 g/mol. The Bertz CT molecular complexity index is 847. The zero-order chi connectivity index (χ0) is 15.1. The number of nitrogen functional groups attached to an aromatic ring is 1. The second-order valence-electron chi connectivity index (χ2n) is 4.22. The van der Waals surface area contributed by atoms with Gasteiger partial charge in [-0.05, 0) is 18.2 Å². The molecule has 2 N–H and O–H groups in total. The highest BCUT2D eigenvalue weighted by Gasteiger charge is 2.16. The summed E-state index contributed by atoms with van der Waals surface area (Å²) < 4.78 is 6.72. The molecule has 0 aliphatic rings. The van der Waals surface area contributed by atoms with Crippen LogP contribution in [0.4, 0.5) is 5.95 Å². The van der Waals surface area contributed by atoms with Crippen molar-refractivity contribution >= 4 is 51.9 Å². The molecule has 2 aromatic heterocycles. The first-order chi connectivity index (χ1) is 10.0. The van der Waals surface area contributed by atoms with Gasteiger partial charge in [-0.15, -0.1) is 0 Å². The number of aromatic nitrogens is 3. The van der Waals surface area contributed by atoms with Gasteiger partial charge in [0.15, 0.2) is 5.65 Å². The molecule has 0 saturated carbocycles. The Balaban J connectivity index is 2.34. The monoisotopic (exact) mass is 342 g/mol. The number of nitrogens with two attached hydrogens (primary N) is 1. The molecule has 0 amide bonds. The number of hydrogen-bond donors (Lipinski definition) is 1. The predicted molar refractivity (Wildman–Crippen MR) is 84.9 cm³/mol. The van der Waals surface area contributed by atoms with Crippen LogP contribution >= 0.6 is 34.8 Å². The normalized spacial score (nSPS) is 11.0. The zero-order valence-electron chi connectivity index (χ0n) is 10.8. The van der Waals surface area contributed by atoms with E-state index in [1.807, 2.05) is 0 Å². The molecule has 108 valence electrons. The summed E-state index contributed by atoms with van der Waals surface area (Å²) in [5, 5.41) is 1.11. The lowest BCUT2D eigenvalue weighted by Crippen LogP contribution is -2.02. The van der Waals surface area contributed by atoms with Gasteiger partial charge >= 0.3 is 0 Å². The van der Waals surface area contributed by atoms with E-state index in [0.717, 1.165) is 0 Å². The van der Waals surface area contributed by atoms with E-state index < -0.39 is 0 Å². The molecule has 0 spiro atoms. The number of methoxy groups -OCH3 is 1. The van der Waals surface area contributed by atoms with Crippen molar-refractivity contribution in [3.05, 3.63) is 39.3 Å². The van der Waals surface area contributed by atoms with Crippen molar-refractivity contribution in [1.82, 2.24) is 14.5 Å². The number of hydrogen-bond acceptors (Lipinski definition) is 4. The molecule has 0 saturated heterocycles. The van der Waals surface area contributed by atoms with Gasteiger partial charge in [-0.1, -0.05) is 34.8 Å². The Kier molecular flexibility index (Phi) is 3.57. The summed E-state index contributed by atoms with van der Waals surface area (Å²) in [6.45, 7) is 0. The van der Waals surface area contributed by atoms with Crippen molar-refractivity contribution in [3.63, 3.8) is 0 Å². The van der Waals surface area contributed by atoms with Gasteiger partial charge in [0, 0.05) is 6.07 Å². The topological polar surface area (TPSA) is 66.0 Å². The molecule has 8 heteroatoms. The fourth-order valence-electron chi connectivity index (χ4n) is 1.99. The minimum Gasteiger partial charge on any atom is -0.481 e. The highest BCUT2D eigenvalue weighted by Crippen LogP contribution is 2.34. The molecule has 5 nitrogen and oxygen atoms in total. The van der Waals surface area contributed by atoms with Crippen LogP contribution in [0, 0.1) is 0 Å². The van der Waals surface area contributed by atoms with Crippen LogP contribution < -0.4 is 10.5 Å². The number of pyridine rings is 1. The number of halogens is 3. The van der Waals surface area contributed by atoms with Crippen LogP contribution in [-0.4, -0.2) is 21.6 Å². The Morgan fingerprint density at radius 2 is 1.76 bits per heavy atom. The standard InChI is InChI=1S/C13H9Cl3N4O/c1-21-11-3-2-9-12(19-11)20(13(17)18-9)10-5-7(15)6(14)4-8(10)16/h2-5H,1H3,(H2,17,18). The number of benzene rings is 1. The van der Waals surface area contributed by atoms with Crippen molar-refractivity contribution in [3.8, 4) is 11.6 Å². The van der Waals surface area contributed by atoms with Gasteiger partial charge in [0.1, 0.15) is 5.52 Å². The minimum atomic E-state index is 0.242. The number of imidazole rings is 1. The summed E-state index contributed by atoms with van der Waals surface area (Å²) >= 11 is 18.2. The number of nitrogens with zero attached hydrogens (tertiary/aromatic N) is 3. The average Bonchev–Trinajstić information content (AvgIpc) is 2.78. The minimum absolute atomic E-state index is 0.242. The molecule has 0 bridgehead atoms. The summed E-state index contributed by atoms with van der Waals surface area (Å²) in [6.07, 6.45) is 0. The van der Waals surface area contributed by atoms with Crippen LogP contribution in [0.3, 0.4) is 0 Å². The summed E-state index contributed by atoms with van der Waals surface area (Å²) in [5.74, 6) is 0.686. The Hall–Kier alpha value is -1.69. The Morgan fingerprint density at radius 1 is 1.05 bits per heavy atom. The number of fused-ring (bicyclic) bond motifs is 1. The van der Waals surface area contributed by atoms with Crippen LogP contribution in [0.15, 0.2) is 24.3 Å². The molecule has 3 rings (SSSR count). The molecular formula is C13H9Cl3N4O. The van der Waals surface area contributed by atoms with Crippen molar-refractivity contribution in [2.45, 2.75) is 0 Å². The van der Waals surface area contributed by atoms with E-state index >= 15 is 0 Å². The summed E-state index contributed by atoms with van der Waals surface area (Å²) in [4.78, 5) is 8.59. The summed E-state index contributed by atoms with van der Waals surface area (Å²) in [5.41, 5.74) is 7.66. The van der Waals surface area contributed by atoms with Gasteiger partial charge in [-0.25, -0.2) is 4.98 Å². The molecule has 0 unspecified atom stereocenters. The van der Waals surface area contributed by atoms with E-state index in [4.69, 9.17) is 45.3 Å². The van der Waals surface area contributed by atoms with Gasteiger partial charge < -0.3 is 10.5 Å². The molecule has 3 aromatic rings. The first kappa shape index (κ1) is 14.3. The van der Waals surface area contributed by atoms with Crippen LogP contribution in [0.2, 0.25) is 15.1 Å². The van der Waals surface area contributed by atoms with E-state index in [0.29, 0.717) is 37.8 Å². The quantitative estimate of drug-likeness (QED) is 0.715. The zero-order valence-corrected chi connectivity index (χ0v) is 13.0. The van der Waals surface area contributed by atoms with Crippen molar-refractivity contribution in [2.24, 2.45) is 0 Å². The number of rotatable bonds is 2. The maximum Gasteiger partial charge on any atom is 0.215 e. The van der Waals surface area contributed by atoms with Crippen molar-refractivity contribution < 1.29 is 4.74 Å². The van der Waals surface area contributed by atoms with Crippen molar-refractivity contribution in [1.29, 1.82) is 0 Å². The Morgan fingerprint density at radius 3 is 2.48 bits per heavy atom. The first-order valence-corrected chi connectivity index (χ1v) is 6.98. The van der Waals surface area contributed by atoms with E-state index in [1.54, 1.807) is 28.8 Å². The second kappa shape index (κ2) is 5.26. The van der Waals surface area contributed by atoms with Crippen LogP contribution in [0.1, 0.15) is 0 Å². The predicted octanol–water partition coefficient (Wildman–Crippen LogP) is 3.97. The molecule has 0 radical (unpaired) electrons. The van der Waals surface area contributed by atoms with Crippen LogP contribution in [0.5, 0.6) is 5.88 Å². The van der Waals surface area contributed by atoms with Gasteiger partial charge in [-0.3, -0.25) is 4.57 Å². The number of ether oxygens (including phenoxy) is 1. The smallest absolute Gasteiger partial charge is 0.215 e. The molecule has 21 heavy (non-hydrogen) atoms. The summed E-state index contributed by atoms with van der Waals surface area (Å²) in [6, 6.07) is 6.63. The van der Waals surface area contributed by atoms with Gasteiger partial charge in [0.25, 0.3) is 0 Å². The molecule has 1 aromatic carbocycles. The van der Waals surface area contributed by atoms with Gasteiger partial charge in [-0.2, -0.15) is 4.98 Å². The van der Waals surface area contributed by atoms with Gasteiger partial charge in [0.05, 0.1) is 27.9 Å². The molecule has 0 aliphatic carbocycles. The first-order valence-electron chi connectivity index (χ1n) is 5.85. The number of anilines is 1. The molecule has 0 fully saturated rings. The van der Waals surface area contributed by atoms with E-state index in [2.05, 4.69) is 9.97 Å². The fourth-order valence-corrected chi connectivity index (χ4v) is 2.62. The second-order valence-corrected chi connectivity index (χ2v) is 5.44. The Labute approximate surface area is 135 Å². The maximum atomic E-state index is 6.23. The fraction of sp³-hybridized carbons (Fsp3) is 0.0769. The molecule has 2 heterocycles. The van der Waals surface area contributed by atoms with Crippen LogP contribution in [-0.2, 0) is 0 Å².